The summed E-state index contributed by atoms with van der Waals surface area (Å²) in [6.07, 6.45) is 66.0. The molecule has 0 radical (unpaired) electrons. The highest BCUT2D eigenvalue weighted by Gasteiger charge is 2.22. The second-order valence-electron chi connectivity index (χ2n) is 21.4. The first-order chi connectivity index (χ1) is 34.5. The molecular weight excluding hydrogens is 906 g/mol. The predicted octanol–water partition coefficient (Wildman–Crippen LogP) is 17.9. The molecule has 0 saturated carbocycles. The molecule has 2 atom stereocenters. The van der Waals surface area contributed by atoms with E-state index in [1.807, 2.05) is 21.1 Å². The van der Waals surface area contributed by atoms with Crippen LogP contribution in [0.1, 0.15) is 277 Å². The maximum atomic E-state index is 12.8. The smallest absolute Gasteiger partial charge is 0.306 e. The normalized spacial score (nSPS) is 13.6. The Kier molecular flexibility index (Phi) is 51.3. The second kappa shape index (κ2) is 52.8. The Balaban J connectivity index is 4.02. The molecule has 0 spiro atoms. The molecule has 0 rings (SSSR count). The zero-order chi connectivity index (χ0) is 52.0. The highest BCUT2D eigenvalue weighted by molar-refractivity contribution is 7.45. The number of hydrogen-bond acceptors (Lipinski definition) is 8. The first-order valence-electron chi connectivity index (χ1n) is 29.8. The molecule has 0 fully saturated rings. The molecule has 0 N–H and O–H groups in total. The fourth-order valence-electron chi connectivity index (χ4n) is 8.42. The summed E-state index contributed by atoms with van der Waals surface area (Å²) in [5.74, 6) is -0.834. The van der Waals surface area contributed by atoms with Gasteiger partial charge in [0, 0.05) is 12.8 Å². The van der Waals surface area contributed by atoms with Gasteiger partial charge in [0.15, 0.2) is 6.10 Å². The third kappa shape index (κ3) is 57.1. The van der Waals surface area contributed by atoms with Crippen molar-refractivity contribution in [1.29, 1.82) is 0 Å². The van der Waals surface area contributed by atoms with E-state index >= 15 is 0 Å². The quantitative estimate of drug-likeness (QED) is 0.0195. The monoisotopic (exact) mass is 1020 g/mol. The number of esters is 2. The number of rotatable bonds is 55. The van der Waals surface area contributed by atoms with Crippen LogP contribution in [-0.4, -0.2) is 70.0 Å². The van der Waals surface area contributed by atoms with Crippen molar-refractivity contribution in [1.82, 2.24) is 0 Å². The van der Waals surface area contributed by atoms with E-state index in [1.54, 1.807) is 0 Å². The first-order valence-corrected chi connectivity index (χ1v) is 31.3. The van der Waals surface area contributed by atoms with E-state index < -0.39 is 26.5 Å². The van der Waals surface area contributed by atoms with Crippen LogP contribution < -0.4 is 4.89 Å². The van der Waals surface area contributed by atoms with Gasteiger partial charge in [0.05, 0.1) is 27.7 Å². The SMILES string of the molecule is CCCCCCC/C=C\C/C=C\C/C=C\CCCCCCCCCCCCCCCCCCCCC(=O)OC(COC(=O)CCCCCCC/C=C\CCCCCCC)COP(=O)([O-])OCC[N+](C)(C)C. The first kappa shape index (κ1) is 69.0. The zero-order valence-corrected chi connectivity index (χ0v) is 48.1. The van der Waals surface area contributed by atoms with Crippen LogP contribution in [0.5, 0.6) is 0 Å². The number of phosphoric ester groups is 1. The Labute approximate surface area is 439 Å². The van der Waals surface area contributed by atoms with Crippen LogP contribution in [0.2, 0.25) is 0 Å². The Bertz CT molecular complexity index is 1340. The molecule has 2 unspecified atom stereocenters. The third-order valence-corrected chi connectivity index (χ3v) is 14.0. The summed E-state index contributed by atoms with van der Waals surface area (Å²) in [7, 11) is 1.17. The molecule has 0 aromatic rings. The van der Waals surface area contributed by atoms with E-state index in [1.165, 1.54) is 173 Å². The van der Waals surface area contributed by atoms with Crippen LogP contribution in [0.3, 0.4) is 0 Å². The van der Waals surface area contributed by atoms with E-state index in [0.717, 1.165) is 70.6 Å². The lowest BCUT2D eigenvalue weighted by atomic mass is 10.0. The minimum absolute atomic E-state index is 0.0313. The Morgan fingerprint density at radius 2 is 0.761 bits per heavy atom. The largest absolute Gasteiger partial charge is 0.756 e. The Hall–Kier alpha value is -2.03. The summed E-state index contributed by atoms with van der Waals surface area (Å²) >= 11 is 0. The molecular formula is C61H114NO8P. The average molecular weight is 1020 g/mol. The molecule has 0 bridgehead atoms. The molecule has 0 aromatic heterocycles. The van der Waals surface area contributed by atoms with Crippen LogP contribution in [0, 0.1) is 0 Å². The predicted molar refractivity (Wildman–Crippen MR) is 300 cm³/mol. The fourth-order valence-corrected chi connectivity index (χ4v) is 9.15. The van der Waals surface area contributed by atoms with E-state index in [4.69, 9.17) is 18.5 Å². The molecule has 10 heteroatoms. The van der Waals surface area contributed by atoms with Crippen molar-refractivity contribution in [3.05, 3.63) is 48.6 Å². The number of hydrogen-bond donors (Lipinski definition) is 0. The average Bonchev–Trinajstić information content (AvgIpc) is 3.33. The van der Waals surface area contributed by atoms with Crippen molar-refractivity contribution in [3.63, 3.8) is 0 Å². The number of ether oxygens (including phenoxy) is 2. The van der Waals surface area contributed by atoms with Gasteiger partial charge in [0.1, 0.15) is 19.8 Å². The third-order valence-electron chi connectivity index (χ3n) is 13.1. The number of likely N-dealkylation sites (N-methyl/N-ethyl adjacent to an activating group) is 1. The molecule has 0 amide bonds. The van der Waals surface area contributed by atoms with Crippen molar-refractivity contribution < 1.29 is 42.1 Å². The summed E-state index contributed by atoms with van der Waals surface area (Å²) in [5, 5.41) is 0. The van der Waals surface area contributed by atoms with Gasteiger partial charge in [0.25, 0.3) is 7.82 Å². The number of carbonyl (C=O) groups is 2. The van der Waals surface area contributed by atoms with Crippen LogP contribution >= 0.6 is 7.82 Å². The molecule has 0 aliphatic carbocycles. The summed E-state index contributed by atoms with van der Waals surface area (Å²) in [6.45, 7) is 4.23. The van der Waals surface area contributed by atoms with Crippen molar-refractivity contribution in [2.75, 3.05) is 47.5 Å². The van der Waals surface area contributed by atoms with Crippen molar-refractivity contribution >= 4 is 19.8 Å². The minimum Gasteiger partial charge on any atom is -0.756 e. The summed E-state index contributed by atoms with van der Waals surface area (Å²) in [6, 6.07) is 0. The molecule has 0 saturated heterocycles. The Morgan fingerprint density at radius 3 is 1.14 bits per heavy atom. The van der Waals surface area contributed by atoms with Gasteiger partial charge in [-0.05, 0) is 77.0 Å². The van der Waals surface area contributed by atoms with Gasteiger partial charge in [-0.2, -0.15) is 0 Å². The van der Waals surface area contributed by atoms with Gasteiger partial charge < -0.3 is 27.9 Å². The van der Waals surface area contributed by atoms with Gasteiger partial charge in [-0.3, -0.25) is 14.2 Å². The highest BCUT2D eigenvalue weighted by Crippen LogP contribution is 2.38. The van der Waals surface area contributed by atoms with Gasteiger partial charge in [0.2, 0.25) is 0 Å². The van der Waals surface area contributed by atoms with Crippen LogP contribution in [0.4, 0.5) is 0 Å². The summed E-state index contributed by atoms with van der Waals surface area (Å²) < 4.78 is 34.1. The zero-order valence-electron chi connectivity index (χ0n) is 47.2. The fraction of sp³-hybridized carbons (Fsp3) is 0.836. The molecule has 9 nitrogen and oxygen atoms in total. The maximum Gasteiger partial charge on any atom is 0.306 e. The molecule has 0 heterocycles. The van der Waals surface area contributed by atoms with Gasteiger partial charge in [-0.25, -0.2) is 0 Å². The number of allylic oxidation sites excluding steroid dienone is 8. The van der Waals surface area contributed by atoms with E-state index in [-0.39, 0.29) is 32.0 Å². The summed E-state index contributed by atoms with van der Waals surface area (Å²) in [5.41, 5.74) is 0. The number of phosphoric acid groups is 1. The Morgan fingerprint density at radius 1 is 0.437 bits per heavy atom. The van der Waals surface area contributed by atoms with Crippen LogP contribution in [0.15, 0.2) is 48.6 Å². The van der Waals surface area contributed by atoms with Crippen LogP contribution in [0.25, 0.3) is 0 Å². The van der Waals surface area contributed by atoms with Gasteiger partial charge >= 0.3 is 11.9 Å². The van der Waals surface area contributed by atoms with E-state index in [2.05, 4.69) is 62.5 Å². The number of nitrogens with zero attached hydrogens (tertiary/aromatic N) is 1. The lowest BCUT2D eigenvalue weighted by Crippen LogP contribution is -2.37. The lowest BCUT2D eigenvalue weighted by molar-refractivity contribution is -0.870. The van der Waals surface area contributed by atoms with E-state index in [9.17, 15) is 19.0 Å². The lowest BCUT2D eigenvalue weighted by Gasteiger charge is -2.28. The topological polar surface area (TPSA) is 111 Å². The van der Waals surface area contributed by atoms with E-state index in [0.29, 0.717) is 17.4 Å². The van der Waals surface area contributed by atoms with Crippen molar-refractivity contribution in [2.24, 2.45) is 0 Å². The summed E-state index contributed by atoms with van der Waals surface area (Å²) in [4.78, 5) is 37.8. The van der Waals surface area contributed by atoms with Crippen molar-refractivity contribution in [2.45, 2.75) is 283 Å². The van der Waals surface area contributed by atoms with Crippen molar-refractivity contribution in [3.8, 4) is 0 Å². The number of unbranched alkanes of at least 4 members (excludes halogenated alkanes) is 33. The molecule has 71 heavy (non-hydrogen) atoms. The number of quaternary nitrogens is 1. The van der Waals surface area contributed by atoms with Crippen LogP contribution in [-0.2, 0) is 32.7 Å². The maximum absolute atomic E-state index is 12.8. The van der Waals surface area contributed by atoms with Gasteiger partial charge in [-0.15, -0.1) is 0 Å². The van der Waals surface area contributed by atoms with Gasteiger partial charge in [-0.1, -0.05) is 236 Å². The minimum atomic E-state index is -4.63. The molecule has 0 aliphatic heterocycles. The molecule has 0 aromatic carbocycles. The molecule has 416 valence electrons. The second-order valence-corrected chi connectivity index (χ2v) is 22.8. The highest BCUT2D eigenvalue weighted by atomic mass is 31.2. The number of carbonyl (C=O) groups excluding carboxylic acids is 2. The molecule has 0 aliphatic rings. The standard InChI is InChI=1S/C61H114NO8P/c1-6-8-10-12-14-16-18-20-22-23-24-25-26-27-28-29-30-31-32-33-34-35-36-37-38-39-40-42-44-46-48-50-52-54-61(64)70-59(58-69-71(65,66)68-56-55-62(3,4)5)57-67-60(63)53-51-49-47-45-43-41-21-19-17-15-13-11-9-7-2/h18-21,23-24,26-27,59H,6-17,22,25,28-58H2,1-5H3/b20-18-,21-19-,24-23-,27-26-.